The molecule has 0 saturated carbocycles. The molecule has 160 valence electrons. The lowest BCUT2D eigenvalue weighted by atomic mass is 9.77. The Labute approximate surface area is 167 Å². The highest BCUT2D eigenvalue weighted by atomic mass is 19.4. The molecule has 29 heavy (non-hydrogen) atoms. The molecule has 1 aromatic heterocycles. The van der Waals surface area contributed by atoms with Gasteiger partial charge in [0.15, 0.2) is 0 Å². The standard InChI is InChI=1S/C20H26F3N3O3/c21-20(22,23)7-10-25-11-16-12-26(14-19(16,13-25)6-3-18(28)29)17(27)2-1-15-4-8-24-9-5-15/h4-5,8-9,16H,1-3,6-7,10-14H2,(H,28,29). The summed E-state index contributed by atoms with van der Waals surface area (Å²) in [4.78, 5) is 31.3. The number of likely N-dealkylation sites (tertiary alicyclic amines) is 2. The van der Waals surface area contributed by atoms with Crippen LogP contribution in [0.25, 0.3) is 0 Å². The van der Waals surface area contributed by atoms with Crippen LogP contribution in [0.4, 0.5) is 13.2 Å². The van der Waals surface area contributed by atoms with Gasteiger partial charge in [-0.05, 0) is 36.5 Å². The average Bonchev–Trinajstić information content (AvgIpc) is 3.17. The van der Waals surface area contributed by atoms with E-state index in [2.05, 4.69) is 4.98 Å². The van der Waals surface area contributed by atoms with Crippen molar-refractivity contribution in [1.82, 2.24) is 14.8 Å². The summed E-state index contributed by atoms with van der Waals surface area (Å²) in [6.45, 7) is 1.71. The third-order valence-corrected chi connectivity index (χ3v) is 6.11. The van der Waals surface area contributed by atoms with Crippen LogP contribution >= 0.6 is 0 Å². The summed E-state index contributed by atoms with van der Waals surface area (Å²) in [6, 6.07) is 3.72. The second-order valence-corrected chi connectivity index (χ2v) is 8.18. The van der Waals surface area contributed by atoms with Crippen LogP contribution in [0.5, 0.6) is 0 Å². The topological polar surface area (TPSA) is 73.7 Å². The number of amides is 1. The van der Waals surface area contributed by atoms with Crippen molar-refractivity contribution in [2.75, 3.05) is 32.7 Å². The van der Waals surface area contributed by atoms with Crippen LogP contribution in [0.3, 0.4) is 0 Å². The molecule has 0 radical (unpaired) electrons. The van der Waals surface area contributed by atoms with Gasteiger partial charge in [-0.2, -0.15) is 13.2 Å². The molecule has 9 heteroatoms. The van der Waals surface area contributed by atoms with Crippen molar-refractivity contribution in [3.63, 3.8) is 0 Å². The maximum absolute atomic E-state index is 12.7. The minimum Gasteiger partial charge on any atom is -0.481 e. The Kier molecular flexibility index (Phi) is 6.45. The number of hydrogen-bond acceptors (Lipinski definition) is 4. The van der Waals surface area contributed by atoms with Crippen LogP contribution in [0, 0.1) is 11.3 Å². The quantitative estimate of drug-likeness (QED) is 0.709. The number of rotatable bonds is 8. The maximum Gasteiger partial charge on any atom is 0.390 e. The molecule has 1 N–H and O–H groups in total. The molecule has 2 fully saturated rings. The highest BCUT2D eigenvalue weighted by Crippen LogP contribution is 2.46. The van der Waals surface area contributed by atoms with Gasteiger partial charge in [0.25, 0.3) is 0 Å². The summed E-state index contributed by atoms with van der Waals surface area (Å²) in [5.74, 6) is -0.901. The number of carbonyl (C=O) groups excluding carboxylic acids is 1. The van der Waals surface area contributed by atoms with Crippen LogP contribution in [-0.2, 0) is 16.0 Å². The second-order valence-electron chi connectivity index (χ2n) is 8.18. The predicted octanol–water partition coefficient (Wildman–Crippen LogP) is 2.59. The molecule has 0 bridgehead atoms. The van der Waals surface area contributed by atoms with Crippen molar-refractivity contribution >= 4 is 11.9 Å². The number of carboxylic acids is 1. The van der Waals surface area contributed by atoms with Gasteiger partial charge in [0.1, 0.15) is 0 Å². The lowest BCUT2D eigenvalue weighted by Gasteiger charge is -2.29. The first-order chi connectivity index (χ1) is 13.7. The summed E-state index contributed by atoms with van der Waals surface area (Å²) in [7, 11) is 0. The Morgan fingerprint density at radius 1 is 1.17 bits per heavy atom. The molecule has 2 unspecified atom stereocenters. The summed E-state index contributed by atoms with van der Waals surface area (Å²) < 4.78 is 37.7. The van der Waals surface area contributed by atoms with E-state index in [-0.39, 0.29) is 24.8 Å². The average molecular weight is 413 g/mol. The number of halogens is 3. The largest absolute Gasteiger partial charge is 0.481 e. The zero-order chi connectivity index (χ0) is 21.1. The predicted molar refractivity (Wildman–Crippen MR) is 99.0 cm³/mol. The molecule has 0 aromatic carbocycles. The number of pyridine rings is 1. The first-order valence-corrected chi connectivity index (χ1v) is 9.84. The molecular formula is C20H26F3N3O3. The van der Waals surface area contributed by atoms with Gasteiger partial charge in [-0.15, -0.1) is 0 Å². The number of carboxylic acid groups (broad SMARTS) is 1. The summed E-state index contributed by atoms with van der Waals surface area (Å²) >= 11 is 0. The van der Waals surface area contributed by atoms with Crippen molar-refractivity contribution in [1.29, 1.82) is 0 Å². The maximum atomic E-state index is 12.7. The van der Waals surface area contributed by atoms with E-state index in [1.165, 1.54) is 0 Å². The Bertz CT molecular complexity index is 729. The number of carbonyl (C=O) groups is 2. The summed E-state index contributed by atoms with van der Waals surface area (Å²) in [5.41, 5.74) is 0.586. The fourth-order valence-corrected chi connectivity index (χ4v) is 4.61. The van der Waals surface area contributed by atoms with Gasteiger partial charge in [0, 0.05) is 63.4 Å². The number of nitrogens with zero attached hydrogens (tertiary/aromatic N) is 3. The fraction of sp³-hybridized carbons (Fsp3) is 0.650. The van der Waals surface area contributed by atoms with E-state index in [1.54, 1.807) is 22.2 Å². The van der Waals surface area contributed by atoms with Gasteiger partial charge >= 0.3 is 12.1 Å². The van der Waals surface area contributed by atoms with Crippen LogP contribution < -0.4 is 0 Å². The number of hydrogen-bond donors (Lipinski definition) is 1. The second kappa shape index (κ2) is 8.69. The van der Waals surface area contributed by atoms with Crippen LogP contribution in [-0.4, -0.2) is 70.7 Å². The highest BCUT2D eigenvalue weighted by Gasteiger charge is 2.53. The van der Waals surface area contributed by atoms with E-state index in [9.17, 15) is 22.8 Å². The van der Waals surface area contributed by atoms with Gasteiger partial charge in [0.05, 0.1) is 6.42 Å². The van der Waals surface area contributed by atoms with Crippen molar-refractivity contribution < 1.29 is 27.9 Å². The highest BCUT2D eigenvalue weighted by molar-refractivity contribution is 5.77. The fourth-order valence-electron chi connectivity index (χ4n) is 4.61. The minimum absolute atomic E-state index is 0.00718. The molecule has 3 heterocycles. The zero-order valence-corrected chi connectivity index (χ0v) is 16.2. The molecule has 2 aliphatic rings. The molecule has 0 aliphatic carbocycles. The van der Waals surface area contributed by atoms with Crippen LogP contribution in [0.1, 0.15) is 31.2 Å². The van der Waals surface area contributed by atoms with Crippen LogP contribution in [0.2, 0.25) is 0 Å². The molecule has 1 aromatic rings. The summed E-state index contributed by atoms with van der Waals surface area (Å²) in [6.07, 6.45) is -0.435. The molecule has 0 spiro atoms. The summed E-state index contributed by atoms with van der Waals surface area (Å²) in [5, 5.41) is 9.10. The van der Waals surface area contributed by atoms with Crippen molar-refractivity contribution in [2.45, 2.75) is 38.3 Å². The minimum atomic E-state index is -4.21. The van der Waals surface area contributed by atoms with Gasteiger partial charge in [0.2, 0.25) is 5.91 Å². The van der Waals surface area contributed by atoms with Gasteiger partial charge in [-0.1, -0.05) is 0 Å². The van der Waals surface area contributed by atoms with E-state index in [4.69, 9.17) is 5.11 Å². The molecule has 3 rings (SSSR count). The van der Waals surface area contributed by atoms with Gasteiger partial charge in [-0.25, -0.2) is 0 Å². The van der Waals surface area contributed by atoms with Crippen molar-refractivity contribution in [3.8, 4) is 0 Å². The van der Waals surface area contributed by atoms with Crippen molar-refractivity contribution in [3.05, 3.63) is 30.1 Å². The molecule has 2 aliphatic heterocycles. The molecule has 2 atom stereocenters. The lowest BCUT2D eigenvalue weighted by Crippen LogP contribution is -2.38. The van der Waals surface area contributed by atoms with E-state index in [1.807, 2.05) is 12.1 Å². The Morgan fingerprint density at radius 2 is 1.90 bits per heavy atom. The molecular weight excluding hydrogens is 387 g/mol. The Morgan fingerprint density at radius 3 is 2.55 bits per heavy atom. The first kappa shape index (κ1) is 21.5. The van der Waals surface area contributed by atoms with Crippen molar-refractivity contribution in [2.24, 2.45) is 11.3 Å². The van der Waals surface area contributed by atoms with Crippen LogP contribution in [0.15, 0.2) is 24.5 Å². The van der Waals surface area contributed by atoms with E-state index < -0.39 is 24.0 Å². The van der Waals surface area contributed by atoms with E-state index in [0.717, 1.165) is 5.56 Å². The normalized spacial score (nSPS) is 24.7. The number of fused-ring (bicyclic) bond motifs is 1. The number of aliphatic carboxylic acids is 1. The third-order valence-electron chi connectivity index (χ3n) is 6.11. The number of alkyl halides is 3. The number of aromatic nitrogens is 1. The molecule has 2 saturated heterocycles. The molecule has 6 nitrogen and oxygen atoms in total. The van der Waals surface area contributed by atoms with E-state index in [0.29, 0.717) is 45.4 Å². The number of aryl methyl sites for hydroxylation is 1. The van der Waals surface area contributed by atoms with E-state index >= 15 is 0 Å². The van der Waals surface area contributed by atoms with Gasteiger partial charge in [-0.3, -0.25) is 14.6 Å². The lowest BCUT2D eigenvalue weighted by molar-refractivity contribution is -0.138. The molecule has 1 amide bonds. The van der Waals surface area contributed by atoms with Gasteiger partial charge < -0.3 is 14.9 Å². The Balaban J connectivity index is 1.60. The Hall–Kier alpha value is -2.16. The SMILES string of the molecule is O=C(O)CCC12CN(CCC(F)(F)F)CC1CN(C(=O)CCc1ccncc1)C2. The first-order valence-electron chi connectivity index (χ1n) is 9.84. The monoisotopic (exact) mass is 413 g/mol. The third kappa shape index (κ3) is 5.68. The smallest absolute Gasteiger partial charge is 0.390 e. The zero-order valence-electron chi connectivity index (χ0n) is 16.2.